The minimum absolute atomic E-state index is 0.250. The van der Waals surface area contributed by atoms with Crippen LogP contribution < -0.4 is 5.56 Å². The van der Waals surface area contributed by atoms with Crippen molar-refractivity contribution in [1.29, 1.82) is 0 Å². The number of ether oxygens (including phenoxy) is 1. The van der Waals surface area contributed by atoms with Gasteiger partial charge in [0.1, 0.15) is 30.0 Å². The maximum Gasteiger partial charge on any atom is 0.266 e. The van der Waals surface area contributed by atoms with Gasteiger partial charge in [-0.1, -0.05) is 0 Å². The van der Waals surface area contributed by atoms with Crippen molar-refractivity contribution in [2.24, 2.45) is 0 Å². The van der Waals surface area contributed by atoms with Gasteiger partial charge in [-0.3, -0.25) is 14.5 Å². The number of nitrogens with zero attached hydrogens (tertiary/aromatic N) is 3. The minimum atomic E-state index is -1.32. The lowest BCUT2D eigenvalue weighted by Gasteiger charge is -2.16. The van der Waals surface area contributed by atoms with E-state index in [1.165, 1.54) is 12.5 Å². The number of hydrogen-bond donors (Lipinski definition) is 4. The largest absolute Gasteiger partial charge is 0.394 e. The fraction of sp³-hybridized carbons (Fsp3) is 0.500. The zero-order chi connectivity index (χ0) is 13.6. The van der Waals surface area contributed by atoms with Gasteiger partial charge >= 0.3 is 0 Å². The number of H-pyrrole nitrogens is 1. The van der Waals surface area contributed by atoms with Crippen LogP contribution in [0.4, 0.5) is 0 Å². The topological polar surface area (TPSA) is 133 Å². The number of nitrogens with one attached hydrogen (secondary N) is 1. The van der Waals surface area contributed by atoms with Crippen molar-refractivity contribution in [3.63, 3.8) is 0 Å². The Kier molecular flexibility index (Phi) is 2.82. The van der Waals surface area contributed by atoms with Crippen molar-refractivity contribution < 1.29 is 20.1 Å². The van der Waals surface area contributed by atoms with Gasteiger partial charge in [-0.2, -0.15) is 5.10 Å². The maximum absolute atomic E-state index is 12.2. The van der Waals surface area contributed by atoms with Crippen molar-refractivity contribution >= 4 is 11.0 Å². The van der Waals surface area contributed by atoms with Crippen molar-refractivity contribution in [3.05, 3.63) is 22.9 Å². The number of aromatic amines is 1. The highest BCUT2D eigenvalue weighted by atomic mass is 16.6. The monoisotopic (exact) mass is 268 g/mol. The summed E-state index contributed by atoms with van der Waals surface area (Å²) in [6.45, 7) is -0.454. The molecule has 0 spiro atoms. The zero-order valence-electron chi connectivity index (χ0n) is 9.67. The molecule has 3 heterocycles. The van der Waals surface area contributed by atoms with E-state index in [1.807, 2.05) is 0 Å². The second kappa shape index (κ2) is 4.38. The van der Waals surface area contributed by atoms with Crippen LogP contribution in [0.5, 0.6) is 0 Å². The Morgan fingerprint density at radius 2 is 2.21 bits per heavy atom. The molecule has 1 unspecified atom stereocenters. The lowest BCUT2D eigenvalue weighted by molar-refractivity contribution is -0.0546. The van der Waals surface area contributed by atoms with Gasteiger partial charge < -0.3 is 20.1 Å². The van der Waals surface area contributed by atoms with E-state index in [0.29, 0.717) is 5.65 Å². The van der Waals surface area contributed by atoms with Gasteiger partial charge in [0, 0.05) is 0 Å². The summed E-state index contributed by atoms with van der Waals surface area (Å²) in [7, 11) is 0. The molecule has 19 heavy (non-hydrogen) atoms. The summed E-state index contributed by atoms with van der Waals surface area (Å²) < 4.78 is 6.34. The van der Waals surface area contributed by atoms with Gasteiger partial charge in [0.15, 0.2) is 11.9 Å². The zero-order valence-corrected chi connectivity index (χ0v) is 9.67. The van der Waals surface area contributed by atoms with Gasteiger partial charge in [0.2, 0.25) is 0 Å². The van der Waals surface area contributed by atoms with Crippen LogP contribution in [-0.4, -0.2) is 60.0 Å². The summed E-state index contributed by atoms with van der Waals surface area (Å²) in [4.78, 5) is 16.1. The molecule has 9 heteroatoms. The highest BCUT2D eigenvalue weighted by molar-refractivity contribution is 5.71. The van der Waals surface area contributed by atoms with E-state index in [0.717, 1.165) is 4.57 Å². The van der Waals surface area contributed by atoms with Crippen molar-refractivity contribution in [2.45, 2.75) is 24.5 Å². The first-order chi connectivity index (χ1) is 9.13. The summed E-state index contributed by atoms with van der Waals surface area (Å²) in [5, 5.41) is 35.0. The predicted octanol–water partition coefficient (Wildman–Crippen LogP) is -2.27. The molecular formula is C10H12N4O5. The van der Waals surface area contributed by atoms with E-state index < -0.39 is 36.7 Å². The fourth-order valence-corrected chi connectivity index (χ4v) is 2.14. The Labute approximate surface area is 106 Å². The standard InChI is InChI=1S/C10H12N4O5/c15-2-5-6(16)7(17)10(19-5)14-3-11-8-4(9(14)18)1-12-13-8/h1,3,5-7,10,15-17H,2H2,(H,12,13)/t5-,6-,7-,10?/m1/s1. The van der Waals surface area contributed by atoms with Crippen LogP contribution >= 0.6 is 0 Å². The predicted molar refractivity (Wildman–Crippen MR) is 61.2 cm³/mol. The molecule has 0 aromatic carbocycles. The van der Waals surface area contributed by atoms with E-state index in [9.17, 15) is 15.0 Å². The average Bonchev–Trinajstić information content (AvgIpc) is 2.98. The van der Waals surface area contributed by atoms with Crippen molar-refractivity contribution in [3.8, 4) is 0 Å². The molecule has 3 rings (SSSR count). The normalized spacial score (nSPS) is 31.1. The summed E-state index contributed by atoms with van der Waals surface area (Å²) in [6.07, 6.45) is -2.09. The van der Waals surface area contributed by atoms with Crippen LogP contribution in [0.15, 0.2) is 17.3 Å². The number of aromatic nitrogens is 4. The Balaban J connectivity index is 2.05. The highest BCUT2D eigenvalue weighted by Gasteiger charge is 2.43. The van der Waals surface area contributed by atoms with Crippen LogP contribution in [0.3, 0.4) is 0 Å². The molecule has 1 aliphatic heterocycles. The molecule has 1 fully saturated rings. The molecule has 0 amide bonds. The minimum Gasteiger partial charge on any atom is -0.394 e. The van der Waals surface area contributed by atoms with E-state index in [-0.39, 0.29) is 5.39 Å². The third-order valence-electron chi connectivity index (χ3n) is 3.19. The number of aliphatic hydroxyl groups excluding tert-OH is 3. The third-order valence-corrected chi connectivity index (χ3v) is 3.19. The molecule has 2 aromatic rings. The Bertz CT molecular complexity index is 653. The Morgan fingerprint density at radius 3 is 2.89 bits per heavy atom. The van der Waals surface area contributed by atoms with Crippen LogP contribution in [0.25, 0.3) is 11.0 Å². The lowest BCUT2D eigenvalue weighted by atomic mass is 10.1. The molecule has 9 nitrogen and oxygen atoms in total. The third kappa shape index (κ3) is 1.75. The number of aliphatic hydroxyl groups is 3. The van der Waals surface area contributed by atoms with Crippen LogP contribution in [-0.2, 0) is 4.74 Å². The van der Waals surface area contributed by atoms with Crippen molar-refractivity contribution in [1.82, 2.24) is 19.7 Å². The van der Waals surface area contributed by atoms with Gasteiger partial charge in [-0.15, -0.1) is 0 Å². The summed E-state index contributed by atoms with van der Waals surface area (Å²) in [5.41, 5.74) is -0.124. The first-order valence-electron chi connectivity index (χ1n) is 5.66. The summed E-state index contributed by atoms with van der Waals surface area (Å²) in [6, 6.07) is 0. The summed E-state index contributed by atoms with van der Waals surface area (Å²) >= 11 is 0. The smallest absolute Gasteiger partial charge is 0.266 e. The molecule has 0 saturated carbocycles. The molecule has 102 valence electrons. The van der Waals surface area contributed by atoms with E-state index in [1.54, 1.807) is 0 Å². The summed E-state index contributed by atoms with van der Waals surface area (Å²) in [5.74, 6) is 0. The Hall–Kier alpha value is -1.81. The SMILES string of the molecule is O=c1c2cn[nH]c2ncn1C1O[C@H](CO)[C@@H](O)[C@H]1O. The Morgan fingerprint density at radius 1 is 1.42 bits per heavy atom. The highest BCUT2D eigenvalue weighted by Crippen LogP contribution is 2.28. The molecule has 4 N–H and O–H groups in total. The second-order valence-electron chi connectivity index (χ2n) is 4.32. The average molecular weight is 268 g/mol. The first-order valence-corrected chi connectivity index (χ1v) is 5.66. The van der Waals surface area contributed by atoms with Crippen LogP contribution in [0, 0.1) is 0 Å². The molecule has 0 aliphatic carbocycles. The molecule has 2 aromatic heterocycles. The van der Waals surface area contributed by atoms with Crippen LogP contribution in [0.1, 0.15) is 6.23 Å². The first kappa shape index (κ1) is 12.2. The number of rotatable bonds is 2. The lowest BCUT2D eigenvalue weighted by Crippen LogP contribution is -2.35. The quantitative estimate of drug-likeness (QED) is 0.482. The fourth-order valence-electron chi connectivity index (χ4n) is 2.14. The molecular weight excluding hydrogens is 256 g/mol. The van der Waals surface area contributed by atoms with Crippen LogP contribution in [0.2, 0.25) is 0 Å². The molecule has 1 aliphatic rings. The van der Waals surface area contributed by atoms with Gasteiger partial charge in [-0.05, 0) is 0 Å². The number of hydrogen-bond acceptors (Lipinski definition) is 7. The molecule has 4 atom stereocenters. The molecule has 1 saturated heterocycles. The van der Waals surface area contributed by atoms with E-state index in [2.05, 4.69) is 15.2 Å². The number of fused-ring (bicyclic) bond motifs is 1. The maximum atomic E-state index is 12.2. The van der Waals surface area contributed by atoms with Crippen molar-refractivity contribution in [2.75, 3.05) is 6.61 Å². The van der Waals surface area contributed by atoms with E-state index >= 15 is 0 Å². The van der Waals surface area contributed by atoms with Gasteiger partial charge in [-0.25, -0.2) is 4.98 Å². The molecule has 0 radical (unpaired) electrons. The van der Waals surface area contributed by atoms with Gasteiger partial charge in [0.05, 0.1) is 12.8 Å². The van der Waals surface area contributed by atoms with Gasteiger partial charge in [0.25, 0.3) is 5.56 Å². The second-order valence-corrected chi connectivity index (χ2v) is 4.32. The van der Waals surface area contributed by atoms with E-state index in [4.69, 9.17) is 9.84 Å². The molecule has 0 bridgehead atoms.